The Morgan fingerprint density at radius 2 is 1.72 bits per heavy atom. The largest absolute Gasteiger partial charge is 0.462 e. The van der Waals surface area contributed by atoms with E-state index in [1.165, 1.54) is 4.31 Å². The van der Waals surface area contributed by atoms with Crippen LogP contribution < -0.4 is 4.31 Å². The maximum absolute atomic E-state index is 13.4. The van der Waals surface area contributed by atoms with E-state index in [1.54, 1.807) is 63.6 Å². The molecular formula is C18H24N2O4S. The summed E-state index contributed by atoms with van der Waals surface area (Å²) in [7, 11) is -2.18. The van der Waals surface area contributed by atoms with Crippen LogP contribution in [0.25, 0.3) is 0 Å². The van der Waals surface area contributed by atoms with Crippen molar-refractivity contribution in [3.8, 4) is 0 Å². The fraction of sp³-hybridized carbons (Fsp3) is 0.389. The minimum atomic E-state index is -3.92. The van der Waals surface area contributed by atoms with Gasteiger partial charge in [0, 0.05) is 25.0 Å². The third-order valence-electron chi connectivity index (χ3n) is 4.28. The van der Waals surface area contributed by atoms with Gasteiger partial charge in [-0.2, -0.15) is 0 Å². The number of carbonyl (C=O) groups is 1. The molecule has 0 saturated heterocycles. The standard InChI is InChI=1S/C18H24N2O4S/c1-6-20(15-11-9-8-10-12-15)25(22,23)17-14(4)19(5)13(3)16(17)18(21)24-7-2/h8-12H,6-7H2,1-5H3. The zero-order chi connectivity index (χ0) is 18.8. The van der Waals surface area contributed by atoms with Gasteiger partial charge in [0.2, 0.25) is 0 Å². The highest BCUT2D eigenvalue weighted by atomic mass is 32.2. The predicted molar refractivity (Wildman–Crippen MR) is 97.5 cm³/mol. The molecule has 0 amide bonds. The summed E-state index contributed by atoms with van der Waals surface area (Å²) in [4.78, 5) is 12.4. The van der Waals surface area contributed by atoms with Crippen molar-refractivity contribution in [1.82, 2.24) is 4.57 Å². The number of hydrogen-bond donors (Lipinski definition) is 0. The van der Waals surface area contributed by atoms with Gasteiger partial charge in [0.25, 0.3) is 10.0 Å². The quantitative estimate of drug-likeness (QED) is 0.739. The summed E-state index contributed by atoms with van der Waals surface area (Å²) in [6, 6.07) is 8.85. The number of aromatic nitrogens is 1. The van der Waals surface area contributed by atoms with Gasteiger partial charge in [0.1, 0.15) is 10.5 Å². The number of rotatable bonds is 6. The molecule has 0 aliphatic carbocycles. The van der Waals surface area contributed by atoms with E-state index < -0.39 is 16.0 Å². The molecule has 25 heavy (non-hydrogen) atoms. The van der Waals surface area contributed by atoms with Gasteiger partial charge in [0.15, 0.2) is 0 Å². The highest BCUT2D eigenvalue weighted by molar-refractivity contribution is 7.93. The van der Waals surface area contributed by atoms with Crippen LogP contribution in [0.5, 0.6) is 0 Å². The van der Waals surface area contributed by atoms with Crippen LogP contribution in [-0.2, 0) is 21.8 Å². The molecule has 7 heteroatoms. The van der Waals surface area contributed by atoms with Crippen LogP contribution in [0.1, 0.15) is 35.6 Å². The lowest BCUT2D eigenvalue weighted by Crippen LogP contribution is -2.32. The zero-order valence-corrected chi connectivity index (χ0v) is 16.1. The fourth-order valence-electron chi connectivity index (χ4n) is 2.87. The molecule has 1 aromatic carbocycles. The average Bonchev–Trinajstić information content (AvgIpc) is 2.81. The molecule has 136 valence electrons. The molecule has 0 saturated carbocycles. The van der Waals surface area contributed by atoms with Gasteiger partial charge in [-0.25, -0.2) is 13.2 Å². The summed E-state index contributed by atoms with van der Waals surface area (Å²) in [5.74, 6) is -0.619. The third-order valence-corrected chi connectivity index (χ3v) is 6.35. The van der Waals surface area contributed by atoms with Crippen LogP contribution in [0, 0.1) is 13.8 Å². The van der Waals surface area contributed by atoms with Gasteiger partial charge in [0.05, 0.1) is 12.3 Å². The fourth-order valence-corrected chi connectivity index (χ4v) is 4.83. The van der Waals surface area contributed by atoms with E-state index in [0.717, 1.165) is 0 Å². The lowest BCUT2D eigenvalue weighted by atomic mass is 10.2. The Balaban J connectivity index is 2.71. The molecule has 2 aromatic rings. The number of sulfonamides is 1. The molecule has 1 aromatic heterocycles. The molecule has 0 N–H and O–H groups in total. The van der Waals surface area contributed by atoms with Crippen LogP contribution in [0.2, 0.25) is 0 Å². The molecule has 1 heterocycles. The molecule has 0 unspecified atom stereocenters. The Bertz CT molecular complexity index is 870. The number of hydrogen-bond acceptors (Lipinski definition) is 4. The number of nitrogens with zero attached hydrogens (tertiary/aromatic N) is 2. The number of benzene rings is 1. The van der Waals surface area contributed by atoms with Gasteiger partial charge in [-0.1, -0.05) is 18.2 Å². The van der Waals surface area contributed by atoms with Crippen LogP contribution in [0.3, 0.4) is 0 Å². The minimum Gasteiger partial charge on any atom is -0.462 e. The number of anilines is 1. The van der Waals surface area contributed by atoms with E-state index in [1.807, 2.05) is 6.07 Å². The highest BCUT2D eigenvalue weighted by Gasteiger charge is 2.35. The monoisotopic (exact) mass is 364 g/mol. The van der Waals surface area contributed by atoms with Crippen molar-refractivity contribution in [3.05, 3.63) is 47.3 Å². The maximum atomic E-state index is 13.4. The van der Waals surface area contributed by atoms with Gasteiger partial charge >= 0.3 is 5.97 Å². The summed E-state index contributed by atoms with van der Waals surface area (Å²) < 4.78 is 34.9. The van der Waals surface area contributed by atoms with Crippen molar-refractivity contribution in [2.75, 3.05) is 17.5 Å². The van der Waals surface area contributed by atoms with Crippen molar-refractivity contribution in [2.45, 2.75) is 32.6 Å². The second kappa shape index (κ2) is 7.31. The molecule has 2 rings (SSSR count). The van der Waals surface area contributed by atoms with E-state index in [0.29, 0.717) is 17.1 Å². The SMILES string of the molecule is CCOC(=O)c1c(S(=O)(=O)N(CC)c2ccccc2)c(C)n(C)c1C. The molecule has 6 nitrogen and oxygen atoms in total. The molecular weight excluding hydrogens is 340 g/mol. The first-order valence-electron chi connectivity index (χ1n) is 8.18. The van der Waals surface area contributed by atoms with E-state index in [4.69, 9.17) is 4.74 Å². The van der Waals surface area contributed by atoms with E-state index in [-0.39, 0.29) is 23.6 Å². The van der Waals surface area contributed by atoms with E-state index >= 15 is 0 Å². The van der Waals surface area contributed by atoms with Crippen LogP contribution in [0.4, 0.5) is 5.69 Å². The number of carbonyl (C=O) groups excluding carboxylic acids is 1. The third kappa shape index (κ3) is 3.28. The summed E-state index contributed by atoms with van der Waals surface area (Å²) in [6.07, 6.45) is 0. The Kier molecular flexibility index (Phi) is 5.57. The van der Waals surface area contributed by atoms with Crippen LogP contribution >= 0.6 is 0 Å². The summed E-state index contributed by atoms with van der Waals surface area (Å²) in [5, 5.41) is 0. The number of esters is 1. The Morgan fingerprint density at radius 1 is 1.12 bits per heavy atom. The predicted octanol–water partition coefficient (Wildman–Crippen LogP) is 3.03. The van der Waals surface area contributed by atoms with Gasteiger partial charge in [-0.15, -0.1) is 0 Å². The first kappa shape index (κ1) is 19.1. The highest BCUT2D eigenvalue weighted by Crippen LogP contribution is 2.32. The average molecular weight is 364 g/mol. The van der Waals surface area contributed by atoms with Gasteiger partial charge in [-0.05, 0) is 39.8 Å². The van der Waals surface area contributed by atoms with Crippen molar-refractivity contribution < 1.29 is 17.9 Å². The second-order valence-corrected chi connectivity index (χ2v) is 7.46. The van der Waals surface area contributed by atoms with Crippen molar-refractivity contribution >= 4 is 21.7 Å². The minimum absolute atomic E-state index is 0.0108. The van der Waals surface area contributed by atoms with Gasteiger partial charge in [-0.3, -0.25) is 4.31 Å². The normalized spacial score (nSPS) is 11.4. The number of para-hydroxylation sites is 1. The van der Waals surface area contributed by atoms with Crippen LogP contribution in [-0.4, -0.2) is 32.1 Å². The Labute approximate surface area is 149 Å². The molecule has 0 aliphatic rings. The van der Waals surface area contributed by atoms with Crippen molar-refractivity contribution in [3.63, 3.8) is 0 Å². The smallest absolute Gasteiger partial charge is 0.341 e. The topological polar surface area (TPSA) is 68.6 Å². The lowest BCUT2D eigenvalue weighted by Gasteiger charge is -2.23. The molecule has 0 fully saturated rings. The first-order valence-corrected chi connectivity index (χ1v) is 9.62. The Morgan fingerprint density at radius 3 is 2.24 bits per heavy atom. The lowest BCUT2D eigenvalue weighted by molar-refractivity contribution is 0.0521. The van der Waals surface area contributed by atoms with Crippen molar-refractivity contribution in [2.24, 2.45) is 7.05 Å². The van der Waals surface area contributed by atoms with E-state index in [9.17, 15) is 13.2 Å². The Hall–Kier alpha value is -2.28. The first-order chi connectivity index (χ1) is 11.8. The molecule has 0 atom stereocenters. The molecule has 0 aliphatic heterocycles. The number of ether oxygens (including phenoxy) is 1. The molecule has 0 bridgehead atoms. The van der Waals surface area contributed by atoms with Crippen molar-refractivity contribution in [1.29, 1.82) is 0 Å². The molecule has 0 radical (unpaired) electrons. The second-order valence-electron chi connectivity index (χ2n) is 5.66. The summed E-state index contributed by atoms with van der Waals surface area (Å²) in [5.41, 5.74) is 1.74. The zero-order valence-electron chi connectivity index (χ0n) is 15.2. The van der Waals surface area contributed by atoms with Gasteiger partial charge < -0.3 is 9.30 Å². The maximum Gasteiger partial charge on any atom is 0.341 e. The summed E-state index contributed by atoms with van der Waals surface area (Å²) in [6.45, 7) is 7.31. The van der Waals surface area contributed by atoms with Crippen LogP contribution in [0.15, 0.2) is 35.2 Å². The summed E-state index contributed by atoms with van der Waals surface area (Å²) >= 11 is 0. The van der Waals surface area contributed by atoms with E-state index in [2.05, 4.69) is 0 Å². The molecule has 0 spiro atoms.